The number of hydrogen-bond acceptors (Lipinski definition) is 3. The maximum atomic E-state index is 13.7. The van der Waals surface area contributed by atoms with Gasteiger partial charge in [0.05, 0.1) is 0 Å². The van der Waals surface area contributed by atoms with Crippen molar-refractivity contribution in [3.63, 3.8) is 0 Å². The lowest BCUT2D eigenvalue weighted by molar-refractivity contribution is -0.139. The quantitative estimate of drug-likeness (QED) is 0.844. The number of rotatable bonds is 3. The number of benzene rings is 1. The number of allylic oxidation sites excluding steroid dienone is 1. The number of halogens is 1. The van der Waals surface area contributed by atoms with E-state index in [0.717, 1.165) is 0 Å². The van der Waals surface area contributed by atoms with Gasteiger partial charge in [-0.1, -0.05) is 18.2 Å². The zero-order chi connectivity index (χ0) is 16.1. The molecule has 0 aliphatic carbocycles. The lowest BCUT2D eigenvalue weighted by atomic mass is 10.1. The van der Waals surface area contributed by atoms with Crippen LogP contribution in [0.4, 0.5) is 4.39 Å². The molecule has 1 fully saturated rings. The molecule has 5 nitrogen and oxygen atoms in total. The zero-order valence-electron chi connectivity index (χ0n) is 12.5. The van der Waals surface area contributed by atoms with Gasteiger partial charge in [-0.25, -0.2) is 4.39 Å². The maximum absolute atomic E-state index is 13.7. The predicted octanol–water partition coefficient (Wildman–Crippen LogP) is 0.892. The van der Waals surface area contributed by atoms with Crippen LogP contribution < -0.4 is 0 Å². The summed E-state index contributed by atoms with van der Waals surface area (Å²) in [5, 5.41) is 8.82. The van der Waals surface area contributed by atoms with Crippen molar-refractivity contribution in [2.75, 3.05) is 32.8 Å². The van der Waals surface area contributed by atoms with Gasteiger partial charge in [-0.15, -0.1) is 0 Å². The van der Waals surface area contributed by atoms with Crippen LogP contribution in [-0.2, 0) is 9.59 Å². The van der Waals surface area contributed by atoms with Gasteiger partial charge in [0, 0.05) is 37.8 Å². The molecular formula is C16H19FN2O3. The van der Waals surface area contributed by atoms with E-state index in [0.29, 0.717) is 37.3 Å². The molecular weight excluding hydrogens is 287 g/mol. The molecule has 0 spiro atoms. The molecule has 0 unspecified atom stereocenters. The van der Waals surface area contributed by atoms with Gasteiger partial charge in [0.1, 0.15) is 12.4 Å². The third kappa shape index (κ3) is 3.71. The van der Waals surface area contributed by atoms with Crippen molar-refractivity contribution in [2.24, 2.45) is 0 Å². The average Bonchev–Trinajstić information content (AvgIpc) is 2.54. The molecule has 118 valence electrons. The number of aliphatic hydroxyl groups excluding tert-OH is 1. The first-order chi connectivity index (χ1) is 10.5. The molecule has 1 aromatic carbocycles. The third-order valence-electron chi connectivity index (χ3n) is 3.72. The molecule has 22 heavy (non-hydrogen) atoms. The Balaban J connectivity index is 2.00. The maximum Gasteiger partial charge on any atom is 0.248 e. The van der Waals surface area contributed by atoms with Crippen LogP contribution in [0.1, 0.15) is 12.5 Å². The number of aliphatic hydroxyl groups is 1. The van der Waals surface area contributed by atoms with E-state index in [1.165, 1.54) is 17.0 Å². The van der Waals surface area contributed by atoms with Crippen molar-refractivity contribution in [3.05, 3.63) is 41.7 Å². The second kappa shape index (κ2) is 7.17. The van der Waals surface area contributed by atoms with Gasteiger partial charge in [0.15, 0.2) is 0 Å². The molecule has 0 aromatic heterocycles. The summed E-state index contributed by atoms with van der Waals surface area (Å²) in [5.41, 5.74) is 0.974. The third-order valence-corrected chi connectivity index (χ3v) is 3.72. The molecule has 1 aromatic rings. The van der Waals surface area contributed by atoms with Gasteiger partial charge < -0.3 is 14.9 Å². The van der Waals surface area contributed by atoms with Crippen molar-refractivity contribution in [1.29, 1.82) is 0 Å². The molecule has 2 rings (SSSR count). The van der Waals surface area contributed by atoms with E-state index in [4.69, 9.17) is 5.11 Å². The highest BCUT2D eigenvalue weighted by Crippen LogP contribution is 2.17. The van der Waals surface area contributed by atoms with Crippen LogP contribution in [0.25, 0.3) is 5.57 Å². The molecule has 6 heteroatoms. The van der Waals surface area contributed by atoms with Crippen LogP contribution in [-0.4, -0.2) is 59.5 Å². The number of carbonyl (C=O) groups is 2. The van der Waals surface area contributed by atoms with Gasteiger partial charge in [-0.05, 0) is 18.6 Å². The Kier molecular flexibility index (Phi) is 5.27. The molecule has 1 aliphatic rings. The molecule has 1 N–H and O–H groups in total. The number of hydrogen-bond donors (Lipinski definition) is 1. The van der Waals surface area contributed by atoms with E-state index in [9.17, 15) is 14.0 Å². The highest BCUT2D eigenvalue weighted by molar-refractivity contribution is 5.95. The highest BCUT2D eigenvalue weighted by atomic mass is 19.1. The fourth-order valence-electron chi connectivity index (χ4n) is 2.41. The van der Waals surface area contributed by atoms with Gasteiger partial charge in [0.25, 0.3) is 0 Å². The summed E-state index contributed by atoms with van der Waals surface area (Å²) in [6.45, 7) is 2.80. The fourth-order valence-corrected chi connectivity index (χ4v) is 2.41. The second-order valence-corrected chi connectivity index (χ2v) is 5.17. The molecule has 2 amide bonds. The van der Waals surface area contributed by atoms with Crippen LogP contribution in [0.2, 0.25) is 0 Å². The molecule has 1 aliphatic heterocycles. The fraction of sp³-hybridized carbons (Fsp3) is 0.375. The van der Waals surface area contributed by atoms with Crippen LogP contribution in [0.5, 0.6) is 0 Å². The van der Waals surface area contributed by atoms with Crippen molar-refractivity contribution in [3.8, 4) is 0 Å². The van der Waals surface area contributed by atoms with E-state index in [1.54, 1.807) is 30.0 Å². The van der Waals surface area contributed by atoms with Crippen molar-refractivity contribution < 1.29 is 19.1 Å². The first-order valence-corrected chi connectivity index (χ1v) is 7.13. The highest BCUT2D eigenvalue weighted by Gasteiger charge is 2.22. The number of piperazine rings is 1. The number of nitrogens with zero attached hydrogens (tertiary/aromatic N) is 2. The zero-order valence-corrected chi connectivity index (χ0v) is 12.5. The SMILES string of the molecule is C/C(=C/C(=O)N1CCN(C(=O)CO)CC1)c1ccccc1F. The Morgan fingerprint density at radius 2 is 1.77 bits per heavy atom. The van der Waals surface area contributed by atoms with Crippen LogP contribution in [0.15, 0.2) is 30.3 Å². The van der Waals surface area contributed by atoms with E-state index in [2.05, 4.69) is 0 Å². The van der Waals surface area contributed by atoms with Crippen molar-refractivity contribution in [2.45, 2.75) is 6.92 Å². The summed E-state index contributed by atoms with van der Waals surface area (Å²) in [6, 6.07) is 6.31. The minimum absolute atomic E-state index is 0.197. The number of amides is 2. The van der Waals surface area contributed by atoms with Crippen LogP contribution in [0, 0.1) is 5.82 Å². The molecule has 0 saturated carbocycles. The van der Waals surface area contributed by atoms with Crippen LogP contribution >= 0.6 is 0 Å². The first-order valence-electron chi connectivity index (χ1n) is 7.13. The second-order valence-electron chi connectivity index (χ2n) is 5.17. The molecule has 0 radical (unpaired) electrons. The molecule has 1 heterocycles. The average molecular weight is 306 g/mol. The van der Waals surface area contributed by atoms with Gasteiger partial charge >= 0.3 is 0 Å². The standard InChI is InChI=1S/C16H19FN2O3/c1-12(13-4-2-3-5-14(13)17)10-15(21)18-6-8-19(9-7-18)16(22)11-20/h2-5,10,20H,6-9,11H2,1H3/b12-10-. The Hall–Kier alpha value is -2.21. The van der Waals surface area contributed by atoms with E-state index >= 15 is 0 Å². The smallest absolute Gasteiger partial charge is 0.248 e. The molecule has 1 saturated heterocycles. The first kappa shape index (κ1) is 16.2. The van der Waals surface area contributed by atoms with Gasteiger partial charge in [-0.2, -0.15) is 0 Å². The summed E-state index contributed by atoms with van der Waals surface area (Å²) >= 11 is 0. The van der Waals surface area contributed by atoms with Crippen molar-refractivity contribution >= 4 is 17.4 Å². The lowest BCUT2D eigenvalue weighted by Crippen LogP contribution is -2.50. The predicted molar refractivity (Wildman–Crippen MR) is 80.3 cm³/mol. The summed E-state index contributed by atoms with van der Waals surface area (Å²) < 4.78 is 13.7. The largest absolute Gasteiger partial charge is 0.387 e. The monoisotopic (exact) mass is 306 g/mol. The molecule has 0 atom stereocenters. The Bertz CT molecular complexity index is 593. The lowest BCUT2D eigenvalue weighted by Gasteiger charge is -2.34. The minimum atomic E-state index is -0.514. The summed E-state index contributed by atoms with van der Waals surface area (Å²) in [4.78, 5) is 26.7. The topological polar surface area (TPSA) is 60.9 Å². The normalized spacial score (nSPS) is 15.9. The van der Waals surface area contributed by atoms with E-state index < -0.39 is 6.61 Å². The molecule has 0 bridgehead atoms. The van der Waals surface area contributed by atoms with Gasteiger partial charge in [0.2, 0.25) is 11.8 Å². The summed E-state index contributed by atoms with van der Waals surface area (Å²) in [7, 11) is 0. The van der Waals surface area contributed by atoms with Crippen LogP contribution in [0.3, 0.4) is 0 Å². The Labute approximate surface area is 128 Å². The van der Waals surface area contributed by atoms with E-state index in [-0.39, 0.29) is 17.6 Å². The Morgan fingerprint density at radius 1 is 1.18 bits per heavy atom. The van der Waals surface area contributed by atoms with E-state index in [1.807, 2.05) is 0 Å². The van der Waals surface area contributed by atoms with Crippen molar-refractivity contribution in [1.82, 2.24) is 9.80 Å². The van der Waals surface area contributed by atoms with Gasteiger partial charge in [-0.3, -0.25) is 9.59 Å². The summed E-state index contributed by atoms with van der Waals surface area (Å²) in [6.07, 6.45) is 1.42. The summed E-state index contributed by atoms with van der Waals surface area (Å²) in [5.74, 6) is -0.885. The number of carbonyl (C=O) groups excluding carboxylic acids is 2. The minimum Gasteiger partial charge on any atom is -0.387 e. The Morgan fingerprint density at radius 3 is 2.36 bits per heavy atom.